The smallest absolute Gasteiger partial charge is 0.406 e. The van der Waals surface area contributed by atoms with Gasteiger partial charge in [-0.25, -0.2) is 0 Å². The van der Waals surface area contributed by atoms with E-state index in [2.05, 4.69) is 0 Å². The fourth-order valence-corrected chi connectivity index (χ4v) is 1.54. The van der Waals surface area contributed by atoms with Gasteiger partial charge in [0.1, 0.15) is 6.54 Å². The van der Waals surface area contributed by atoms with Crippen LogP contribution >= 0.6 is 0 Å². The molecule has 0 heterocycles. The number of benzene rings is 1. The molecule has 0 saturated carbocycles. The van der Waals surface area contributed by atoms with Gasteiger partial charge in [-0.1, -0.05) is 6.07 Å². The minimum atomic E-state index is -4.54. The Kier molecular flexibility index (Phi) is 4.28. The van der Waals surface area contributed by atoms with Crippen molar-refractivity contribution in [1.29, 1.82) is 0 Å². The summed E-state index contributed by atoms with van der Waals surface area (Å²) in [6, 6.07) is 2.86. The van der Waals surface area contributed by atoms with E-state index in [1.165, 1.54) is 19.9 Å². The third-order valence-electron chi connectivity index (χ3n) is 2.48. The van der Waals surface area contributed by atoms with Crippen LogP contribution in [0.15, 0.2) is 18.2 Å². The van der Waals surface area contributed by atoms with Crippen LogP contribution in [0.5, 0.6) is 11.5 Å². The Balaban J connectivity index is 3.10. The molecule has 19 heavy (non-hydrogen) atoms. The van der Waals surface area contributed by atoms with Crippen LogP contribution < -0.4 is 0 Å². The Bertz CT molecular complexity index is 472. The zero-order valence-corrected chi connectivity index (χ0v) is 10.4. The van der Waals surface area contributed by atoms with E-state index in [0.29, 0.717) is 4.90 Å². The lowest BCUT2D eigenvalue weighted by Crippen LogP contribution is -2.43. The third-order valence-corrected chi connectivity index (χ3v) is 2.48. The summed E-state index contributed by atoms with van der Waals surface area (Å²) in [4.78, 5) is 12.6. The molecule has 0 radical (unpaired) electrons. The SMILES string of the molecule is CC(C)N(CC(F)(F)F)C(=O)c1cccc(O)c1O. The molecule has 1 rings (SSSR count). The van der Waals surface area contributed by atoms with Crippen molar-refractivity contribution in [3.8, 4) is 11.5 Å². The molecule has 0 fully saturated rings. The predicted molar refractivity (Wildman–Crippen MR) is 62.0 cm³/mol. The monoisotopic (exact) mass is 277 g/mol. The lowest BCUT2D eigenvalue weighted by molar-refractivity contribution is -0.143. The fraction of sp³-hybridized carbons (Fsp3) is 0.417. The van der Waals surface area contributed by atoms with Gasteiger partial charge in [0.25, 0.3) is 5.91 Å². The van der Waals surface area contributed by atoms with Gasteiger partial charge in [-0.2, -0.15) is 13.2 Å². The van der Waals surface area contributed by atoms with Crippen molar-refractivity contribution in [3.05, 3.63) is 23.8 Å². The normalized spacial score (nSPS) is 11.7. The highest BCUT2D eigenvalue weighted by Crippen LogP contribution is 2.30. The molecular formula is C12H14F3NO3. The summed E-state index contributed by atoms with van der Waals surface area (Å²) in [5, 5.41) is 18.8. The number of hydrogen-bond donors (Lipinski definition) is 2. The maximum Gasteiger partial charge on any atom is 0.406 e. The summed E-state index contributed by atoms with van der Waals surface area (Å²) in [5.41, 5.74) is -0.363. The molecule has 1 aromatic carbocycles. The van der Waals surface area contributed by atoms with E-state index in [1.807, 2.05) is 0 Å². The molecule has 0 atom stereocenters. The number of aromatic hydroxyl groups is 2. The van der Waals surface area contributed by atoms with Gasteiger partial charge in [-0.3, -0.25) is 4.79 Å². The number of rotatable bonds is 3. The summed E-state index contributed by atoms with van der Waals surface area (Å²) >= 11 is 0. The average Bonchev–Trinajstić information content (AvgIpc) is 2.27. The maximum absolute atomic E-state index is 12.4. The number of carbonyl (C=O) groups is 1. The van der Waals surface area contributed by atoms with Gasteiger partial charge in [0, 0.05) is 6.04 Å². The Morgan fingerprint density at radius 3 is 2.37 bits per heavy atom. The lowest BCUT2D eigenvalue weighted by Gasteiger charge is -2.28. The fourth-order valence-electron chi connectivity index (χ4n) is 1.54. The van der Waals surface area contributed by atoms with E-state index < -0.39 is 36.2 Å². The molecule has 1 amide bonds. The van der Waals surface area contributed by atoms with Crippen LogP contribution in [-0.2, 0) is 0 Å². The molecule has 0 unspecified atom stereocenters. The van der Waals surface area contributed by atoms with E-state index >= 15 is 0 Å². The minimum absolute atomic E-state index is 0.363. The number of hydrogen-bond acceptors (Lipinski definition) is 3. The largest absolute Gasteiger partial charge is 0.504 e. The van der Waals surface area contributed by atoms with Gasteiger partial charge in [0.05, 0.1) is 5.56 Å². The lowest BCUT2D eigenvalue weighted by atomic mass is 10.1. The second kappa shape index (κ2) is 5.38. The van der Waals surface area contributed by atoms with Crippen molar-refractivity contribution >= 4 is 5.91 Å². The van der Waals surface area contributed by atoms with Crippen molar-refractivity contribution in [3.63, 3.8) is 0 Å². The second-order valence-corrected chi connectivity index (χ2v) is 4.32. The van der Waals surface area contributed by atoms with Crippen LogP contribution in [0.3, 0.4) is 0 Å². The van der Waals surface area contributed by atoms with Crippen LogP contribution in [0.25, 0.3) is 0 Å². The van der Waals surface area contributed by atoms with Crippen LogP contribution in [-0.4, -0.2) is 39.8 Å². The number of phenols is 2. The molecule has 0 spiro atoms. The topological polar surface area (TPSA) is 60.8 Å². The number of phenolic OH excluding ortho intramolecular Hbond substituents is 2. The summed E-state index contributed by atoms with van der Waals surface area (Å²) in [6.07, 6.45) is -4.54. The van der Waals surface area contributed by atoms with Gasteiger partial charge in [0.15, 0.2) is 11.5 Å². The third kappa shape index (κ3) is 3.77. The number of nitrogens with zero attached hydrogens (tertiary/aromatic N) is 1. The summed E-state index contributed by atoms with van der Waals surface area (Å²) < 4.78 is 37.2. The molecule has 0 bridgehead atoms. The average molecular weight is 277 g/mol. The van der Waals surface area contributed by atoms with Crippen LogP contribution in [0, 0.1) is 0 Å². The Morgan fingerprint density at radius 2 is 1.89 bits per heavy atom. The van der Waals surface area contributed by atoms with Crippen molar-refractivity contribution in [2.75, 3.05) is 6.54 Å². The van der Waals surface area contributed by atoms with Gasteiger partial charge in [-0.05, 0) is 26.0 Å². The Labute approximate surface area is 108 Å². The molecular weight excluding hydrogens is 263 g/mol. The number of alkyl halides is 3. The van der Waals surface area contributed by atoms with E-state index in [1.54, 1.807) is 0 Å². The molecule has 7 heteroatoms. The van der Waals surface area contributed by atoms with Crippen molar-refractivity contribution in [1.82, 2.24) is 4.90 Å². The highest BCUT2D eigenvalue weighted by molar-refractivity contribution is 5.97. The van der Waals surface area contributed by atoms with E-state index in [9.17, 15) is 28.2 Å². The Hall–Kier alpha value is -1.92. The molecule has 0 aromatic heterocycles. The molecule has 4 nitrogen and oxygen atoms in total. The van der Waals surface area contributed by atoms with Gasteiger partial charge >= 0.3 is 6.18 Å². The van der Waals surface area contributed by atoms with Gasteiger partial charge < -0.3 is 15.1 Å². The first-order chi connectivity index (χ1) is 8.63. The van der Waals surface area contributed by atoms with E-state index in [0.717, 1.165) is 12.1 Å². The number of para-hydroxylation sites is 1. The summed E-state index contributed by atoms with van der Waals surface area (Å²) in [6.45, 7) is 1.45. The standard InChI is InChI=1S/C12H14F3NO3/c1-7(2)16(6-12(13,14)15)11(19)8-4-3-5-9(17)10(8)18/h3-5,7,17-18H,6H2,1-2H3. The highest BCUT2D eigenvalue weighted by atomic mass is 19.4. The van der Waals surface area contributed by atoms with E-state index in [4.69, 9.17) is 0 Å². The van der Waals surface area contributed by atoms with Crippen LogP contribution in [0.4, 0.5) is 13.2 Å². The molecule has 106 valence electrons. The molecule has 0 saturated heterocycles. The quantitative estimate of drug-likeness (QED) is 0.834. The predicted octanol–water partition coefficient (Wildman–Crippen LogP) is 2.51. The van der Waals surface area contributed by atoms with Gasteiger partial charge in [-0.15, -0.1) is 0 Å². The molecule has 1 aromatic rings. The van der Waals surface area contributed by atoms with Crippen LogP contribution in [0.2, 0.25) is 0 Å². The van der Waals surface area contributed by atoms with E-state index in [-0.39, 0.29) is 5.56 Å². The Morgan fingerprint density at radius 1 is 1.32 bits per heavy atom. The molecule has 2 N–H and O–H groups in total. The summed E-state index contributed by atoms with van der Waals surface area (Å²) in [5.74, 6) is -2.26. The first-order valence-corrected chi connectivity index (χ1v) is 5.52. The number of carbonyl (C=O) groups excluding carboxylic acids is 1. The zero-order chi connectivity index (χ0) is 14.8. The second-order valence-electron chi connectivity index (χ2n) is 4.32. The van der Waals surface area contributed by atoms with Crippen LogP contribution in [0.1, 0.15) is 24.2 Å². The van der Waals surface area contributed by atoms with Crippen molar-refractivity contribution in [2.24, 2.45) is 0 Å². The molecule has 0 aliphatic rings. The minimum Gasteiger partial charge on any atom is -0.504 e. The van der Waals surface area contributed by atoms with Crippen molar-refractivity contribution in [2.45, 2.75) is 26.1 Å². The summed E-state index contributed by atoms with van der Waals surface area (Å²) in [7, 11) is 0. The first kappa shape index (κ1) is 15.1. The number of amides is 1. The zero-order valence-electron chi connectivity index (χ0n) is 10.4. The molecule has 0 aliphatic heterocycles. The molecule has 0 aliphatic carbocycles. The number of halogens is 3. The maximum atomic E-state index is 12.4. The first-order valence-electron chi connectivity index (χ1n) is 5.52. The van der Waals surface area contributed by atoms with Crippen molar-refractivity contribution < 1.29 is 28.2 Å². The highest BCUT2D eigenvalue weighted by Gasteiger charge is 2.35. The van der Waals surface area contributed by atoms with Gasteiger partial charge in [0.2, 0.25) is 0 Å².